The van der Waals surface area contributed by atoms with Gasteiger partial charge in [-0.1, -0.05) is 251 Å². The molecule has 0 aromatic carbocycles. The summed E-state index contributed by atoms with van der Waals surface area (Å²) in [7, 11) is 0. The van der Waals surface area contributed by atoms with Gasteiger partial charge in [0.1, 0.15) is 67.1 Å². The minimum atomic E-state index is -3.08. The van der Waals surface area contributed by atoms with Crippen LogP contribution in [0.3, 0.4) is 0 Å². The van der Waals surface area contributed by atoms with Crippen molar-refractivity contribution in [1.82, 2.24) is 10.6 Å². The summed E-state index contributed by atoms with van der Waals surface area (Å²) in [5, 5.41) is 136. The highest BCUT2D eigenvalue weighted by Crippen LogP contribution is 2.39. The van der Waals surface area contributed by atoms with E-state index in [2.05, 4.69) is 24.5 Å². The van der Waals surface area contributed by atoms with Gasteiger partial charge in [0.2, 0.25) is 11.8 Å². The summed E-state index contributed by atoms with van der Waals surface area (Å²) >= 11 is 0. The Labute approximate surface area is 556 Å². The van der Waals surface area contributed by atoms with E-state index in [9.17, 15) is 75.7 Å². The number of amides is 2. The van der Waals surface area contributed by atoms with Crippen LogP contribution in [0, 0.1) is 0 Å². The van der Waals surface area contributed by atoms with E-state index in [1.165, 1.54) is 186 Å². The van der Waals surface area contributed by atoms with Gasteiger partial charge in [-0.2, -0.15) is 0 Å². The quantitative estimate of drug-likeness (QED) is 0.0207. The number of hydrogen-bond acceptors (Lipinski definition) is 20. The maximum atomic E-state index is 13.5. The molecule has 3 fully saturated rings. The SMILES string of the molecule is CCCCCCCCCCCCCCCCCCCC/C=C/C(O)C(COC1OC(CO)C(OC2OC(CO)C(O)C(OC3(C(=O)O)CC(O)C(NC(C)=O)C(C(O)C(O)CO)O3)C2O)C(O)C1O)NC(=O)CCCCCCCCCCCCCCCCCCCCC. The van der Waals surface area contributed by atoms with E-state index in [4.69, 9.17) is 28.4 Å². The molecule has 0 spiro atoms. The first-order valence-corrected chi connectivity index (χ1v) is 36.6. The summed E-state index contributed by atoms with van der Waals surface area (Å²) in [5.74, 6) is -6.13. The van der Waals surface area contributed by atoms with Crippen LogP contribution in [0.15, 0.2) is 12.2 Å². The number of unbranched alkanes of at least 4 members (excludes halogenated alkanes) is 36. The molecule has 3 aliphatic rings. The standard InChI is InChI=1S/C70H130N2O21/c1-4-6-8-10-12-14-16-18-20-22-24-26-27-29-31-33-35-37-39-41-43-52(77)51(72-57(80)44-42-40-38-36-34-32-30-28-25-23-21-19-17-15-13-11-9-7-5-2)49-88-67-62(84)61(83)64(56(48-75)90-67)91-68-63(85)66(60(82)55(47-74)89-68)93-70(69(86)87)45-53(78)58(71-50(3)76)65(92-70)59(81)54(79)46-73/h41,43,51-56,58-68,73-75,77-79,81-85H,4-40,42,44-49H2,1-3H3,(H,71,76)(H,72,80)(H,86,87)/b43-41+. The molecule has 18 atom stereocenters. The summed E-state index contributed by atoms with van der Waals surface area (Å²) in [5.41, 5.74) is 0. The van der Waals surface area contributed by atoms with Gasteiger partial charge in [-0.25, -0.2) is 4.79 Å². The number of carbonyl (C=O) groups is 3. The van der Waals surface area contributed by atoms with Crippen LogP contribution in [0.25, 0.3) is 0 Å². The lowest BCUT2D eigenvalue weighted by Gasteiger charge is -2.50. The Morgan fingerprint density at radius 3 is 1.43 bits per heavy atom. The second kappa shape index (κ2) is 50.7. The fourth-order valence-corrected chi connectivity index (χ4v) is 12.9. The van der Waals surface area contributed by atoms with E-state index < -0.39 is 155 Å². The van der Waals surface area contributed by atoms with Gasteiger partial charge >= 0.3 is 5.97 Å². The number of aliphatic carboxylic acids is 1. The van der Waals surface area contributed by atoms with Crippen molar-refractivity contribution in [3.8, 4) is 0 Å². The van der Waals surface area contributed by atoms with Crippen molar-refractivity contribution in [2.75, 3.05) is 26.4 Å². The molecule has 14 N–H and O–H groups in total. The molecule has 0 aliphatic carbocycles. The third-order valence-electron chi connectivity index (χ3n) is 18.7. The zero-order chi connectivity index (χ0) is 68.2. The molecule has 546 valence electrons. The minimum absolute atomic E-state index is 0.205. The number of aliphatic hydroxyl groups excluding tert-OH is 11. The van der Waals surface area contributed by atoms with Crippen LogP contribution in [0.4, 0.5) is 0 Å². The number of carboxylic acids is 1. The zero-order valence-electron chi connectivity index (χ0n) is 57.1. The van der Waals surface area contributed by atoms with Crippen molar-refractivity contribution in [2.24, 2.45) is 0 Å². The Balaban J connectivity index is 1.58. The molecule has 3 heterocycles. The number of carboxylic acid groups (broad SMARTS) is 1. The lowest BCUT2D eigenvalue weighted by molar-refractivity contribution is -0.386. The number of rotatable bonds is 56. The predicted octanol–water partition coefficient (Wildman–Crippen LogP) is 7.46. The van der Waals surface area contributed by atoms with Crippen molar-refractivity contribution in [3.63, 3.8) is 0 Å². The first-order chi connectivity index (χ1) is 44.9. The molecule has 0 aromatic heterocycles. The molecule has 3 saturated heterocycles. The Bertz CT molecular complexity index is 1930. The molecular formula is C70H130N2O21. The molecule has 3 aliphatic heterocycles. The molecular weight excluding hydrogens is 1200 g/mol. The molecule has 23 nitrogen and oxygen atoms in total. The van der Waals surface area contributed by atoms with Gasteiger partial charge in [0.25, 0.3) is 5.79 Å². The van der Waals surface area contributed by atoms with E-state index >= 15 is 0 Å². The second-order valence-corrected chi connectivity index (χ2v) is 26.8. The summed E-state index contributed by atoms with van der Waals surface area (Å²) in [6.45, 7) is 2.17. The molecule has 0 bridgehead atoms. The van der Waals surface area contributed by atoms with Crippen molar-refractivity contribution in [3.05, 3.63) is 12.2 Å². The van der Waals surface area contributed by atoms with Gasteiger partial charge < -0.3 is 100 Å². The summed E-state index contributed by atoms with van der Waals surface area (Å²) in [6, 6.07) is -2.61. The van der Waals surface area contributed by atoms with Crippen LogP contribution in [-0.2, 0) is 42.8 Å². The van der Waals surface area contributed by atoms with Crippen molar-refractivity contribution >= 4 is 17.8 Å². The van der Waals surface area contributed by atoms with Crippen molar-refractivity contribution < 1.29 is 104 Å². The zero-order valence-corrected chi connectivity index (χ0v) is 57.1. The van der Waals surface area contributed by atoms with Crippen LogP contribution in [0.5, 0.6) is 0 Å². The number of aliphatic hydroxyl groups is 11. The lowest BCUT2D eigenvalue weighted by Crippen LogP contribution is -2.70. The van der Waals surface area contributed by atoms with Gasteiger partial charge in [0.05, 0.1) is 50.7 Å². The summed E-state index contributed by atoms with van der Waals surface area (Å²) in [4.78, 5) is 38.6. The third kappa shape index (κ3) is 32.8. The predicted molar refractivity (Wildman–Crippen MR) is 352 cm³/mol. The molecule has 2 amide bonds. The second-order valence-electron chi connectivity index (χ2n) is 26.8. The normalized spacial score (nSPS) is 28.1. The maximum Gasteiger partial charge on any atom is 0.364 e. The Morgan fingerprint density at radius 1 is 0.559 bits per heavy atom. The number of carbonyl (C=O) groups excluding carboxylic acids is 2. The third-order valence-corrected chi connectivity index (χ3v) is 18.7. The first-order valence-electron chi connectivity index (χ1n) is 36.6. The molecule has 18 unspecified atom stereocenters. The van der Waals surface area contributed by atoms with E-state index in [-0.39, 0.29) is 12.3 Å². The first kappa shape index (κ1) is 84.7. The summed E-state index contributed by atoms with van der Waals surface area (Å²) < 4.78 is 34.8. The lowest BCUT2D eigenvalue weighted by atomic mass is 9.88. The van der Waals surface area contributed by atoms with E-state index in [1.807, 2.05) is 6.08 Å². The average Bonchev–Trinajstić information content (AvgIpc) is 0.765. The molecule has 3 rings (SSSR count). The number of hydrogen-bond donors (Lipinski definition) is 14. The van der Waals surface area contributed by atoms with Crippen molar-refractivity contribution in [1.29, 1.82) is 0 Å². The Hall–Kier alpha value is -2.53. The van der Waals surface area contributed by atoms with Crippen LogP contribution >= 0.6 is 0 Å². The van der Waals surface area contributed by atoms with Gasteiger partial charge in [0.15, 0.2) is 12.6 Å². The number of allylic oxidation sites excluding steroid dienone is 1. The highest BCUT2D eigenvalue weighted by Gasteiger charge is 2.60. The molecule has 0 saturated carbocycles. The van der Waals surface area contributed by atoms with Gasteiger partial charge in [-0.15, -0.1) is 0 Å². The molecule has 93 heavy (non-hydrogen) atoms. The largest absolute Gasteiger partial charge is 0.477 e. The van der Waals surface area contributed by atoms with Crippen LogP contribution in [0.1, 0.15) is 278 Å². The van der Waals surface area contributed by atoms with E-state index in [1.54, 1.807) is 6.08 Å². The maximum absolute atomic E-state index is 13.5. The van der Waals surface area contributed by atoms with E-state index in [0.29, 0.717) is 12.8 Å². The molecule has 0 aromatic rings. The fraction of sp³-hybridized carbons (Fsp3) is 0.929. The number of nitrogens with one attached hydrogen (secondary N) is 2. The molecule has 0 radical (unpaired) electrons. The number of ether oxygens (including phenoxy) is 6. The van der Waals surface area contributed by atoms with Crippen molar-refractivity contribution in [2.45, 2.75) is 387 Å². The molecule has 23 heteroatoms. The average molecular weight is 1340 g/mol. The van der Waals surface area contributed by atoms with Crippen LogP contribution < -0.4 is 10.6 Å². The van der Waals surface area contributed by atoms with Crippen LogP contribution in [0.2, 0.25) is 0 Å². The highest BCUT2D eigenvalue weighted by molar-refractivity contribution is 5.77. The van der Waals surface area contributed by atoms with Gasteiger partial charge in [0, 0.05) is 19.8 Å². The fourth-order valence-electron chi connectivity index (χ4n) is 12.9. The minimum Gasteiger partial charge on any atom is -0.477 e. The van der Waals surface area contributed by atoms with E-state index in [0.717, 1.165) is 51.9 Å². The Morgan fingerprint density at radius 2 is 1.00 bits per heavy atom. The van der Waals surface area contributed by atoms with Gasteiger partial charge in [-0.05, 0) is 19.3 Å². The smallest absolute Gasteiger partial charge is 0.364 e. The summed E-state index contributed by atoms with van der Waals surface area (Å²) in [6.07, 6.45) is 21.0. The van der Waals surface area contributed by atoms with Gasteiger partial charge in [-0.3, -0.25) is 9.59 Å². The monoisotopic (exact) mass is 1330 g/mol. The highest BCUT2D eigenvalue weighted by atomic mass is 16.8. The van der Waals surface area contributed by atoms with Crippen LogP contribution in [-0.4, -0.2) is 215 Å². The topological polar surface area (TPSA) is 373 Å². The Kier molecular flexibility index (Phi) is 46.2.